The number of nitrogens with one attached hydrogen (secondary N) is 5. The molecule has 1 fully saturated rings. The predicted molar refractivity (Wildman–Crippen MR) is 203 cm³/mol. The number of allylic oxidation sites excluding steroid dienone is 4. The molecule has 0 radical (unpaired) electrons. The van der Waals surface area contributed by atoms with Gasteiger partial charge in [0.05, 0.1) is 16.6 Å². The second kappa shape index (κ2) is 15.3. The number of fused-ring (bicyclic) bond motifs is 2. The molecule has 1 saturated carbocycles. The number of pyridine rings is 1. The molecule has 2 aliphatic rings. The van der Waals surface area contributed by atoms with E-state index >= 15 is 0 Å². The first kappa shape index (κ1) is 35.6. The molecule has 1 aliphatic heterocycles. The minimum Gasteiger partial charge on any atom is -0.404 e. The Morgan fingerprint density at radius 1 is 1.14 bits per heavy atom. The zero-order valence-corrected chi connectivity index (χ0v) is 29.9. The summed E-state index contributed by atoms with van der Waals surface area (Å²) in [5.41, 5.74) is 12.7. The van der Waals surface area contributed by atoms with Crippen LogP contribution in [0.3, 0.4) is 0 Å². The van der Waals surface area contributed by atoms with Crippen LogP contribution in [-0.2, 0) is 21.0 Å². The van der Waals surface area contributed by atoms with Crippen molar-refractivity contribution in [2.75, 3.05) is 6.26 Å². The fourth-order valence-electron chi connectivity index (χ4n) is 6.42. The van der Waals surface area contributed by atoms with Gasteiger partial charge in [0.25, 0.3) is 0 Å². The summed E-state index contributed by atoms with van der Waals surface area (Å²) in [7, 11) is -2.47. The lowest BCUT2D eigenvalue weighted by Crippen LogP contribution is -2.26. The topological polar surface area (TPSA) is 166 Å². The van der Waals surface area contributed by atoms with Gasteiger partial charge in [-0.3, -0.25) is 19.1 Å². The molecule has 0 spiro atoms. The van der Waals surface area contributed by atoms with Gasteiger partial charge in [0, 0.05) is 75.3 Å². The van der Waals surface area contributed by atoms with Gasteiger partial charge in [-0.15, -0.1) is 0 Å². The number of carbonyl (C=O) groups is 1. The van der Waals surface area contributed by atoms with Gasteiger partial charge in [0.2, 0.25) is 5.91 Å². The van der Waals surface area contributed by atoms with Gasteiger partial charge < -0.3 is 21.4 Å². The van der Waals surface area contributed by atoms with Crippen LogP contribution < -0.4 is 31.7 Å². The first-order valence-corrected chi connectivity index (χ1v) is 19.1. The molecular formula is C38H44FN9O2S. The number of H-pyrrole nitrogens is 2. The van der Waals surface area contributed by atoms with Crippen molar-refractivity contribution < 1.29 is 13.4 Å². The molecule has 13 heteroatoms. The second-order valence-electron chi connectivity index (χ2n) is 13.5. The Bertz CT molecular complexity index is 2320. The van der Waals surface area contributed by atoms with E-state index in [0.717, 1.165) is 34.7 Å². The lowest BCUT2D eigenvalue weighted by Gasteiger charge is -2.21. The summed E-state index contributed by atoms with van der Waals surface area (Å²) in [6, 6.07) is 6.37. The van der Waals surface area contributed by atoms with Crippen LogP contribution in [-0.4, -0.2) is 47.4 Å². The largest absolute Gasteiger partial charge is 0.404 e. The van der Waals surface area contributed by atoms with Crippen molar-refractivity contribution >= 4 is 44.8 Å². The van der Waals surface area contributed by atoms with E-state index in [1.54, 1.807) is 18.3 Å². The Hall–Kier alpha value is -5.27. The third-order valence-corrected chi connectivity index (χ3v) is 9.54. The zero-order valence-electron chi connectivity index (χ0n) is 29.1. The smallest absolute Gasteiger partial charge is 0.224 e. The normalized spacial score (nSPS) is 16.5. The van der Waals surface area contributed by atoms with E-state index in [-0.39, 0.29) is 12.5 Å². The number of halogens is 1. The monoisotopic (exact) mass is 709 g/mol. The second-order valence-corrected chi connectivity index (χ2v) is 15.7. The molecule has 4 aromatic rings. The molecular weight excluding hydrogens is 666 g/mol. The molecule has 1 unspecified atom stereocenters. The molecule has 266 valence electrons. The van der Waals surface area contributed by atoms with Crippen molar-refractivity contribution in [1.82, 2.24) is 40.5 Å². The van der Waals surface area contributed by atoms with Crippen molar-refractivity contribution in [2.24, 2.45) is 11.7 Å². The number of hydrogen-bond acceptors (Lipinski definition) is 7. The van der Waals surface area contributed by atoms with Crippen LogP contribution in [0.2, 0.25) is 0 Å². The van der Waals surface area contributed by atoms with Gasteiger partial charge in [-0.05, 0) is 92.6 Å². The van der Waals surface area contributed by atoms with Gasteiger partial charge in [0.1, 0.15) is 17.0 Å². The lowest BCUT2D eigenvalue weighted by molar-refractivity contribution is -0.121. The standard InChI is InChI=1S/C38H44FN9O2S/c1-23(2)14-29(44-34(49)17-24-8-6-5-7-9-24)19-27(20-40)31-10-11-32-30(22-42-31)36(48-47-32)38-45-33-12-13-41-35(37(33)46-38)26-15-25(16-28(39)18-26)21-43-51(3,4)50/h10-16,18-20,22,24,42,47H,3,5-9,17,21,40H2,1-2,4H3,(H,43,50)(H,44,49)(H,45,46)/b27-20+,29-19+. The summed E-state index contributed by atoms with van der Waals surface area (Å²) in [6.07, 6.45) is 20.4. The van der Waals surface area contributed by atoms with Gasteiger partial charge in [-0.2, -0.15) is 5.10 Å². The van der Waals surface area contributed by atoms with Gasteiger partial charge >= 0.3 is 0 Å². The predicted octanol–water partition coefficient (Wildman–Crippen LogP) is 4.29. The van der Waals surface area contributed by atoms with E-state index in [2.05, 4.69) is 41.4 Å². The maximum Gasteiger partial charge on any atom is 0.224 e. The number of nitrogens with two attached hydrogens (primary N) is 1. The number of aromatic nitrogens is 5. The van der Waals surface area contributed by atoms with Crippen LogP contribution in [0.25, 0.3) is 46.1 Å². The van der Waals surface area contributed by atoms with Crippen molar-refractivity contribution in [2.45, 2.75) is 58.9 Å². The highest BCUT2D eigenvalue weighted by Gasteiger charge is 2.19. The molecule has 11 nitrogen and oxygen atoms in total. The minimum atomic E-state index is -2.47. The summed E-state index contributed by atoms with van der Waals surface area (Å²) < 4.78 is 29.6. The third-order valence-electron chi connectivity index (χ3n) is 8.79. The molecule has 51 heavy (non-hydrogen) atoms. The van der Waals surface area contributed by atoms with Crippen LogP contribution in [0.15, 0.2) is 77.4 Å². The Labute approximate surface area is 297 Å². The Balaban J connectivity index is 1.26. The fourth-order valence-corrected chi connectivity index (χ4v) is 6.89. The highest BCUT2D eigenvalue weighted by atomic mass is 32.2. The van der Waals surface area contributed by atoms with Gasteiger partial charge in [0.15, 0.2) is 5.82 Å². The fraction of sp³-hybridized carbons (Fsp3) is 0.289. The molecule has 4 heterocycles. The minimum absolute atomic E-state index is 0.00873. The summed E-state index contributed by atoms with van der Waals surface area (Å²) in [4.78, 5) is 25.8. The number of rotatable bonds is 11. The van der Waals surface area contributed by atoms with Gasteiger partial charge in [-0.1, -0.05) is 24.8 Å². The van der Waals surface area contributed by atoms with E-state index in [0.29, 0.717) is 63.0 Å². The maximum atomic E-state index is 14.7. The van der Waals surface area contributed by atoms with Crippen LogP contribution in [0.5, 0.6) is 0 Å². The summed E-state index contributed by atoms with van der Waals surface area (Å²) in [5.74, 6) is 4.09. The number of benzene rings is 1. The number of carbonyl (C=O) groups excluding carboxylic acids is 1. The van der Waals surface area contributed by atoms with Crippen LogP contribution in [0, 0.1) is 11.7 Å². The van der Waals surface area contributed by atoms with Crippen molar-refractivity contribution in [3.63, 3.8) is 0 Å². The number of nitrogens with zero attached hydrogens (tertiary/aromatic N) is 3. The lowest BCUT2D eigenvalue weighted by atomic mass is 9.87. The van der Waals surface area contributed by atoms with E-state index < -0.39 is 15.5 Å². The van der Waals surface area contributed by atoms with Crippen LogP contribution in [0.4, 0.5) is 4.39 Å². The molecule has 1 amide bonds. The number of amides is 1. The summed E-state index contributed by atoms with van der Waals surface area (Å²) >= 11 is 0. The molecule has 3 aromatic heterocycles. The first-order chi connectivity index (χ1) is 24.5. The van der Waals surface area contributed by atoms with Crippen molar-refractivity contribution in [3.8, 4) is 22.8 Å². The molecule has 1 atom stereocenters. The van der Waals surface area contributed by atoms with E-state index in [9.17, 15) is 13.4 Å². The Morgan fingerprint density at radius 3 is 2.69 bits per heavy atom. The number of imidazole rings is 1. The van der Waals surface area contributed by atoms with Gasteiger partial charge in [-0.25, -0.2) is 14.1 Å². The maximum absolute atomic E-state index is 14.7. The molecule has 1 aromatic carbocycles. The van der Waals surface area contributed by atoms with Crippen LogP contribution in [0.1, 0.15) is 57.9 Å². The highest BCUT2D eigenvalue weighted by molar-refractivity contribution is 7.97. The SMILES string of the molecule is C=S(C)(=O)NCc1cc(F)cc(-c2nccc3[nH]c(-c4n[nH]c5c4=CNC(C(/C=C(\C=C(C)C)NC(=O)CC4CCCCC4)=C/N)=CC=5)nc23)c1. The number of hydrogen-bond donors (Lipinski definition) is 6. The third kappa shape index (κ3) is 8.91. The summed E-state index contributed by atoms with van der Waals surface area (Å²) in [6.45, 7) is 4.15. The quantitative estimate of drug-likeness (QED) is 0.0999. The highest BCUT2D eigenvalue weighted by Crippen LogP contribution is 2.29. The Kier molecular flexibility index (Phi) is 10.7. The first-order valence-electron chi connectivity index (χ1n) is 17.0. The molecule has 6 rings (SSSR count). The average molecular weight is 710 g/mol. The molecule has 0 saturated heterocycles. The van der Waals surface area contributed by atoms with Crippen LogP contribution >= 0.6 is 0 Å². The van der Waals surface area contributed by atoms with E-state index in [4.69, 9.17) is 10.7 Å². The molecule has 1 aliphatic carbocycles. The number of aromatic amines is 2. The summed E-state index contributed by atoms with van der Waals surface area (Å²) in [5, 5.41) is 15.6. The van der Waals surface area contributed by atoms with Crippen molar-refractivity contribution in [3.05, 3.63) is 99.4 Å². The Morgan fingerprint density at radius 2 is 1.94 bits per heavy atom. The van der Waals surface area contributed by atoms with E-state index in [1.807, 2.05) is 44.4 Å². The molecule has 7 N–H and O–H groups in total. The van der Waals surface area contributed by atoms with Crippen molar-refractivity contribution in [1.29, 1.82) is 0 Å². The van der Waals surface area contributed by atoms with E-state index in [1.165, 1.54) is 43.9 Å². The average Bonchev–Trinajstić information content (AvgIpc) is 3.64. The molecule has 0 bridgehead atoms. The zero-order chi connectivity index (χ0) is 36.1.